The van der Waals surface area contributed by atoms with Gasteiger partial charge in [0.2, 0.25) is 5.91 Å². The second kappa shape index (κ2) is 6.46. The average molecular weight is 341 g/mol. The maximum atomic E-state index is 12.3. The molecular formula is C20H27N3O2. The number of nitrogens with one attached hydrogen (secondary N) is 1. The van der Waals surface area contributed by atoms with E-state index in [4.69, 9.17) is 5.73 Å². The van der Waals surface area contributed by atoms with Crippen molar-refractivity contribution >= 4 is 16.8 Å². The molecule has 2 aromatic rings. The van der Waals surface area contributed by atoms with E-state index in [0.29, 0.717) is 19.4 Å². The van der Waals surface area contributed by atoms with Gasteiger partial charge < -0.3 is 20.7 Å². The van der Waals surface area contributed by atoms with Crippen LogP contribution in [-0.2, 0) is 24.2 Å². The highest BCUT2D eigenvalue weighted by molar-refractivity contribution is 5.89. The number of nitrogens with zero attached hydrogens (tertiary/aromatic N) is 1. The predicted octanol–water partition coefficient (Wildman–Crippen LogP) is 1.65. The molecule has 3 atom stereocenters. The van der Waals surface area contributed by atoms with Gasteiger partial charge in [-0.25, -0.2) is 0 Å². The molecule has 4 N–H and O–H groups in total. The molecule has 1 aliphatic carbocycles. The summed E-state index contributed by atoms with van der Waals surface area (Å²) < 4.78 is 2.44. The van der Waals surface area contributed by atoms with Crippen LogP contribution in [0.25, 0.3) is 10.9 Å². The van der Waals surface area contributed by atoms with Crippen molar-refractivity contribution in [2.45, 2.75) is 57.7 Å². The number of carbonyl (C=O) groups is 1. The normalized spacial score (nSPS) is 25.5. The Morgan fingerprint density at radius 3 is 3.00 bits per heavy atom. The van der Waals surface area contributed by atoms with Crippen molar-refractivity contribution in [2.24, 2.45) is 11.7 Å². The van der Waals surface area contributed by atoms with Gasteiger partial charge in [0.05, 0.1) is 11.6 Å². The number of aryl methyl sites for hydroxylation is 2. The van der Waals surface area contributed by atoms with E-state index in [1.165, 1.54) is 34.1 Å². The molecule has 4 rings (SSSR count). The molecule has 1 aliphatic heterocycles. The summed E-state index contributed by atoms with van der Waals surface area (Å²) in [4.78, 5) is 12.3. The Balaban J connectivity index is 1.46. The van der Waals surface area contributed by atoms with Crippen LogP contribution in [0.15, 0.2) is 18.2 Å². The molecule has 25 heavy (non-hydrogen) atoms. The van der Waals surface area contributed by atoms with Crippen molar-refractivity contribution in [2.75, 3.05) is 6.54 Å². The topological polar surface area (TPSA) is 80.3 Å². The standard InChI is InChI=1S/C20H27N3O2/c1-12-15(7-8-22-20(25)14-10-17(21)18(24)11-14)16-6-2-4-13-5-3-9-23(12)19(13)16/h2,4,6,14,17-18,24H,3,5,7-11,21H2,1H3,(H,22,25)/t14-,17-,18-/m0/s1. The average Bonchev–Trinajstić information content (AvgIpc) is 3.09. The largest absolute Gasteiger partial charge is 0.391 e. The van der Waals surface area contributed by atoms with Gasteiger partial charge in [0.15, 0.2) is 0 Å². The lowest BCUT2D eigenvalue weighted by Crippen LogP contribution is -2.32. The summed E-state index contributed by atoms with van der Waals surface area (Å²) in [6.07, 6.45) is 3.70. The van der Waals surface area contributed by atoms with Gasteiger partial charge in [-0.15, -0.1) is 0 Å². The van der Waals surface area contributed by atoms with E-state index in [2.05, 4.69) is 35.0 Å². The molecule has 1 saturated carbocycles. The Kier molecular flexibility index (Phi) is 4.29. The van der Waals surface area contributed by atoms with Crippen LogP contribution in [0, 0.1) is 12.8 Å². The zero-order valence-electron chi connectivity index (χ0n) is 14.8. The smallest absolute Gasteiger partial charge is 0.223 e. The molecule has 5 heteroatoms. The van der Waals surface area contributed by atoms with Crippen LogP contribution in [0.3, 0.4) is 0 Å². The fraction of sp³-hybridized carbons (Fsp3) is 0.550. The molecule has 2 aliphatic rings. The van der Waals surface area contributed by atoms with Gasteiger partial charge in [-0.3, -0.25) is 4.79 Å². The van der Waals surface area contributed by atoms with Crippen molar-refractivity contribution in [3.05, 3.63) is 35.0 Å². The molecule has 0 bridgehead atoms. The summed E-state index contributed by atoms with van der Waals surface area (Å²) in [5.74, 6) is -0.125. The summed E-state index contributed by atoms with van der Waals surface area (Å²) in [6, 6.07) is 6.32. The number of aliphatic hydroxyl groups is 1. The van der Waals surface area contributed by atoms with Crippen molar-refractivity contribution in [1.29, 1.82) is 0 Å². The Morgan fingerprint density at radius 2 is 2.24 bits per heavy atom. The molecule has 2 heterocycles. The highest BCUT2D eigenvalue weighted by atomic mass is 16.3. The monoisotopic (exact) mass is 341 g/mol. The van der Waals surface area contributed by atoms with Crippen LogP contribution < -0.4 is 11.1 Å². The fourth-order valence-corrected chi connectivity index (χ4v) is 4.62. The number of rotatable bonds is 4. The van der Waals surface area contributed by atoms with E-state index < -0.39 is 6.10 Å². The number of amides is 1. The van der Waals surface area contributed by atoms with Crippen LogP contribution >= 0.6 is 0 Å². The van der Waals surface area contributed by atoms with Crippen LogP contribution in [-0.4, -0.2) is 34.3 Å². The van der Waals surface area contributed by atoms with Crippen molar-refractivity contribution < 1.29 is 9.90 Å². The van der Waals surface area contributed by atoms with Crippen molar-refractivity contribution in [3.63, 3.8) is 0 Å². The lowest BCUT2D eigenvalue weighted by atomic mass is 10.0. The molecule has 0 spiro atoms. The number of hydrogen-bond donors (Lipinski definition) is 3. The molecule has 5 nitrogen and oxygen atoms in total. The van der Waals surface area contributed by atoms with Gasteiger partial charge in [0.1, 0.15) is 0 Å². The van der Waals surface area contributed by atoms with Gasteiger partial charge in [-0.05, 0) is 50.2 Å². The van der Waals surface area contributed by atoms with E-state index in [1.54, 1.807) is 0 Å². The molecule has 1 fully saturated rings. The van der Waals surface area contributed by atoms with Crippen molar-refractivity contribution in [1.82, 2.24) is 9.88 Å². The van der Waals surface area contributed by atoms with Gasteiger partial charge in [0, 0.05) is 36.1 Å². The first-order valence-corrected chi connectivity index (χ1v) is 9.37. The second-order valence-electron chi connectivity index (χ2n) is 7.57. The van der Waals surface area contributed by atoms with E-state index in [-0.39, 0.29) is 17.9 Å². The summed E-state index contributed by atoms with van der Waals surface area (Å²) in [5, 5.41) is 14.1. The predicted molar refractivity (Wildman–Crippen MR) is 98.4 cm³/mol. The van der Waals surface area contributed by atoms with E-state index >= 15 is 0 Å². The first-order chi connectivity index (χ1) is 12.1. The van der Waals surface area contributed by atoms with Gasteiger partial charge in [-0.2, -0.15) is 0 Å². The highest BCUT2D eigenvalue weighted by Gasteiger charge is 2.34. The highest BCUT2D eigenvalue weighted by Crippen LogP contribution is 2.32. The lowest BCUT2D eigenvalue weighted by Gasteiger charge is -2.16. The SMILES string of the molecule is Cc1c(CCNC(=O)[C@H]2C[C@H](N)[C@@H](O)C2)c2cccc3c2n1CCC3. The zero-order chi connectivity index (χ0) is 17.6. The number of hydrogen-bond acceptors (Lipinski definition) is 3. The number of nitrogens with two attached hydrogens (primary N) is 1. The fourth-order valence-electron chi connectivity index (χ4n) is 4.62. The maximum absolute atomic E-state index is 12.3. The zero-order valence-corrected chi connectivity index (χ0v) is 14.8. The summed E-state index contributed by atoms with van der Waals surface area (Å²) in [7, 11) is 0. The minimum Gasteiger partial charge on any atom is -0.391 e. The summed E-state index contributed by atoms with van der Waals surface area (Å²) in [5.41, 5.74) is 11.3. The number of para-hydroxylation sites is 1. The lowest BCUT2D eigenvalue weighted by molar-refractivity contribution is -0.125. The number of benzene rings is 1. The first kappa shape index (κ1) is 16.6. The minimum absolute atomic E-state index is 0.0263. The van der Waals surface area contributed by atoms with E-state index in [1.807, 2.05) is 0 Å². The second-order valence-corrected chi connectivity index (χ2v) is 7.57. The van der Waals surface area contributed by atoms with Gasteiger partial charge in [-0.1, -0.05) is 18.2 Å². The Hall–Kier alpha value is -1.85. The number of carbonyl (C=O) groups excluding carboxylic acids is 1. The molecular weight excluding hydrogens is 314 g/mol. The van der Waals surface area contributed by atoms with Crippen LogP contribution in [0.5, 0.6) is 0 Å². The Morgan fingerprint density at radius 1 is 1.40 bits per heavy atom. The third-order valence-corrected chi connectivity index (χ3v) is 6.01. The van der Waals surface area contributed by atoms with Crippen LogP contribution in [0.1, 0.15) is 36.1 Å². The van der Waals surface area contributed by atoms with Crippen LogP contribution in [0.4, 0.5) is 0 Å². The molecule has 1 aromatic heterocycles. The maximum Gasteiger partial charge on any atom is 0.223 e. The number of aromatic nitrogens is 1. The van der Waals surface area contributed by atoms with Crippen molar-refractivity contribution in [3.8, 4) is 0 Å². The van der Waals surface area contributed by atoms with Gasteiger partial charge >= 0.3 is 0 Å². The summed E-state index contributed by atoms with van der Waals surface area (Å²) >= 11 is 0. The molecule has 1 amide bonds. The first-order valence-electron chi connectivity index (χ1n) is 9.37. The Bertz CT molecular complexity index is 801. The molecule has 134 valence electrons. The van der Waals surface area contributed by atoms with Gasteiger partial charge in [0.25, 0.3) is 0 Å². The summed E-state index contributed by atoms with van der Waals surface area (Å²) in [6.45, 7) is 3.91. The molecule has 0 radical (unpaired) electrons. The molecule has 1 aromatic carbocycles. The Labute approximate surface area is 148 Å². The van der Waals surface area contributed by atoms with E-state index in [0.717, 1.165) is 19.4 Å². The third kappa shape index (κ3) is 2.85. The van der Waals surface area contributed by atoms with Crippen LogP contribution in [0.2, 0.25) is 0 Å². The van der Waals surface area contributed by atoms with E-state index in [9.17, 15) is 9.90 Å². The molecule has 0 saturated heterocycles. The number of aliphatic hydroxyl groups excluding tert-OH is 1. The molecule has 0 unspecified atom stereocenters. The minimum atomic E-state index is -0.545. The third-order valence-electron chi connectivity index (χ3n) is 6.01. The quantitative estimate of drug-likeness (QED) is 0.791.